The topological polar surface area (TPSA) is 105 Å². The Morgan fingerprint density at radius 1 is 1.03 bits per heavy atom. The molecule has 0 bridgehead atoms. The molecule has 1 fully saturated rings. The first-order valence-electron chi connectivity index (χ1n) is 11.8. The molecule has 4 rings (SSSR count). The highest BCUT2D eigenvalue weighted by molar-refractivity contribution is 5.81. The largest absolute Gasteiger partial charge is 0.481 e. The van der Waals surface area contributed by atoms with Gasteiger partial charge in [0.1, 0.15) is 6.61 Å². The van der Waals surface area contributed by atoms with Crippen molar-refractivity contribution in [3.8, 4) is 11.1 Å². The van der Waals surface area contributed by atoms with Gasteiger partial charge in [0.05, 0.1) is 11.5 Å². The van der Waals surface area contributed by atoms with Crippen LogP contribution in [0.1, 0.15) is 57.1 Å². The van der Waals surface area contributed by atoms with Gasteiger partial charge in [-0.3, -0.25) is 9.59 Å². The molecule has 3 N–H and O–H groups in total. The van der Waals surface area contributed by atoms with Crippen molar-refractivity contribution in [2.45, 2.75) is 57.5 Å². The molecule has 3 unspecified atom stereocenters. The Morgan fingerprint density at radius 3 is 2.12 bits per heavy atom. The van der Waals surface area contributed by atoms with Gasteiger partial charge >= 0.3 is 12.1 Å². The second-order valence-electron chi connectivity index (χ2n) is 9.80. The third kappa shape index (κ3) is 4.93. The van der Waals surface area contributed by atoms with E-state index in [1.807, 2.05) is 31.2 Å². The second-order valence-corrected chi connectivity index (χ2v) is 9.80. The van der Waals surface area contributed by atoms with Gasteiger partial charge in [0.15, 0.2) is 0 Å². The van der Waals surface area contributed by atoms with Crippen LogP contribution in [-0.4, -0.2) is 41.3 Å². The fraction of sp³-hybridized carbons (Fsp3) is 0.444. The minimum absolute atomic E-state index is 0.0352. The monoisotopic (exact) mass is 464 g/mol. The number of fused-ring (bicyclic) bond motifs is 3. The Labute approximate surface area is 199 Å². The van der Waals surface area contributed by atoms with Crippen molar-refractivity contribution in [1.29, 1.82) is 0 Å². The lowest BCUT2D eigenvalue weighted by molar-refractivity contribution is -0.142. The van der Waals surface area contributed by atoms with E-state index in [1.165, 1.54) is 0 Å². The molecule has 7 nitrogen and oxygen atoms in total. The number of benzene rings is 2. The fourth-order valence-corrected chi connectivity index (χ4v) is 4.86. The van der Waals surface area contributed by atoms with E-state index < -0.39 is 29.6 Å². The zero-order chi connectivity index (χ0) is 24.5. The Kier molecular flexibility index (Phi) is 6.64. The van der Waals surface area contributed by atoms with Crippen LogP contribution in [0.5, 0.6) is 0 Å². The molecule has 0 aromatic heterocycles. The molecule has 3 atom stereocenters. The summed E-state index contributed by atoms with van der Waals surface area (Å²) in [5.41, 5.74) is 3.86. The van der Waals surface area contributed by atoms with Crippen LogP contribution in [0, 0.1) is 11.8 Å². The van der Waals surface area contributed by atoms with E-state index >= 15 is 0 Å². The molecule has 0 heterocycles. The number of carbonyl (C=O) groups is 3. The summed E-state index contributed by atoms with van der Waals surface area (Å²) in [7, 11) is 0. The maximum absolute atomic E-state index is 12.8. The quantitative estimate of drug-likeness (QED) is 0.513. The average molecular weight is 465 g/mol. The van der Waals surface area contributed by atoms with Crippen LogP contribution in [0.2, 0.25) is 0 Å². The molecule has 0 saturated heterocycles. The molecule has 2 aromatic rings. The lowest BCUT2D eigenvalue weighted by atomic mass is 9.91. The van der Waals surface area contributed by atoms with E-state index in [2.05, 4.69) is 34.9 Å². The molecular formula is C27H32N2O5. The molecule has 2 aliphatic rings. The lowest BCUT2D eigenvalue weighted by Crippen LogP contribution is -2.52. The van der Waals surface area contributed by atoms with Crippen molar-refractivity contribution in [2.75, 3.05) is 6.61 Å². The molecule has 2 amide bonds. The second kappa shape index (κ2) is 9.49. The standard InChI is InChI=1S/C27H32N2O5/c1-16(25(31)32)17(2)28-24(30)14-27(3,18-12-13-18)29-26(33)34-15-23-21-10-6-4-8-19(21)20-9-5-7-11-22(20)23/h4-11,16-18,23H,12-15H2,1-3H3,(H,28,30)(H,29,33)(H,31,32). The van der Waals surface area contributed by atoms with E-state index in [1.54, 1.807) is 13.8 Å². The number of carboxylic acid groups (broad SMARTS) is 1. The summed E-state index contributed by atoms with van der Waals surface area (Å²) in [6.07, 6.45) is 1.37. The first-order chi connectivity index (χ1) is 16.2. The maximum atomic E-state index is 12.8. The number of rotatable bonds is 9. The maximum Gasteiger partial charge on any atom is 0.407 e. The molecular weight excluding hydrogens is 432 g/mol. The number of aliphatic carboxylic acids is 1. The summed E-state index contributed by atoms with van der Waals surface area (Å²) >= 11 is 0. The minimum Gasteiger partial charge on any atom is -0.481 e. The molecule has 0 spiro atoms. The SMILES string of the molecule is CC(NC(=O)CC(C)(NC(=O)OCC1c2ccccc2-c2ccccc21)C1CC1)C(C)C(=O)O. The smallest absolute Gasteiger partial charge is 0.407 e. The van der Waals surface area contributed by atoms with Gasteiger partial charge < -0.3 is 20.5 Å². The number of ether oxygens (including phenoxy) is 1. The van der Waals surface area contributed by atoms with Gasteiger partial charge in [0, 0.05) is 18.4 Å². The first-order valence-corrected chi connectivity index (χ1v) is 11.8. The van der Waals surface area contributed by atoms with Gasteiger partial charge in [-0.25, -0.2) is 4.79 Å². The summed E-state index contributed by atoms with van der Waals surface area (Å²) in [6, 6.07) is 15.8. The number of hydrogen-bond acceptors (Lipinski definition) is 4. The predicted molar refractivity (Wildman–Crippen MR) is 128 cm³/mol. The summed E-state index contributed by atoms with van der Waals surface area (Å²) in [5, 5.41) is 14.9. The molecule has 0 radical (unpaired) electrons. The molecule has 2 aliphatic carbocycles. The van der Waals surface area contributed by atoms with E-state index in [-0.39, 0.29) is 30.8 Å². The number of amides is 2. The Balaban J connectivity index is 1.38. The average Bonchev–Trinajstić information content (AvgIpc) is 3.61. The van der Waals surface area contributed by atoms with Gasteiger partial charge in [-0.05, 0) is 61.8 Å². The summed E-state index contributed by atoms with van der Waals surface area (Å²) in [6.45, 7) is 5.29. The van der Waals surface area contributed by atoms with Crippen LogP contribution in [0.15, 0.2) is 48.5 Å². The van der Waals surface area contributed by atoms with Crippen molar-refractivity contribution in [3.63, 3.8) is 0 Å². The van der Waals surface area contributed by atoms with Crippen LogP contribution < -0.4 is 10.6 Å². The van der Waals surface area contributed by atoms with Crippen molar-refractivity contribution >= 4 is 18.0 Å². The highest BCUT2D eigenvalue weighted by Crippen LogP contribution is 2.45. The van der Waals surface area contributed by atoms with Crippen molar-refractivity contribution in [1.82, 2.24) is 10.6 Å². The normalized spacial score (nSPS) is 18.1. The molecule has 34 heavy (non-hydrogen) atoms. The highest BCUT2D eigenvalue weighted by Gasteiger charge is 2.45. The lowest BCUT2D eigenvalue weighted by Gasteiger charge is -2.31. The summed E-state index contributed by atoms with van der Waals surface area (Å²) < 4.78 is 5.69. The van der Waals surface area contributed by atoms with Gasteiger partial charge in [-0.2, -0.15) is 0 Å². The van der Waals surface area contributed by atoms with Crippen molar-refractivity contribution in [3.05, 3.63) is 59.7 Å². The molecule has 7 heteroatoms. The van der Waals surface area contributed by atoms with Crippen LogP contribution >= 0.6 is 0 Å². The van der Waals surface area contributed by atoms with E-state index in [4.69, 9.17) is 9.84 Å². The number of carbonyl (C=O) groups excluding carboxylic acids is 2. The molecule has 1 saturated carbocycles. The van der Waals surface area contributed by atoms with Crippen molar-refractivity contribution in [2.24, 2.45) is 11.8 Å². The molecule has 180 valence electrons. The predicted octanol–water partition coefficient (Wildman–Crippen LogP) is 4.31. The number of hydrogen-bond donors (Lipinski definition) is 3. The Bertz CT molecular complexity index is 1050. The first kappa shape index (κ1) is 23.8. The summed E-state index contributed by atoms with van der Waals surface area (Å²) in [4.78, 5) is 36.7. The summed E-state index contributed by atoms with van der Waals surface area (Å²) in [5.74, 6) is -1.80. The third-order valence-electron chi connectivity index (χ3n) is 7.27. The van der Waals surface area contributed by atoms with Crippen LogP contribution in [0.3, 0.4) is 0 Å². The van der Waals surface area contributed by atoms with Gasteiger partial charge in [0.25, 0.3) is 0 Å². The van der Waals surface area contributed by atoms with Gasteiger partial charge in [-0.1, -0.05) is 48.5 Å². The van der Waals surface area contributed by atoms with E-state index in [0.717, 1.165) is 35.1 Å². The number of carboxylic acids is 1. The Hall–Kier alpha value is -3.35. The van der Waals surface area contributed by atoms with E-state index in [9.17, 15) is 14.4 Å². The van der Waals surface area contributed by atoms with Gasteiger partial charge in [-0.15, -0.1) is 0 Å². The zero-order valence-electron chi connectivity index (χ0n) is 19.8. The van der Waals surface area contributed by atoms with Crippen molar-refractivity contribution < 1.29 is 24.2 Å². The zero-order valence-corrected chi connectivity index (χ0v) is 19.8. The number of alkyl carbamates (subject to hydrolysis) is 1. The third-order valence-corrected chi connectivity index (χ3v) is 7.27. The fourth-order valence-electron chi connectivity index (χ4n) is 4.86. The van der Waals surface area contributed by atoms with Crippen LogP contribution in [0.25, 0.3) is 11.1 Å². The number of nitrogens with one attached hydrogen (secondary N) is 2. The minimum atomic E-state index is -0.963. The Morgan fingerprint density at radius 2 is 1.59 bits per heavy atom. The highest BCUT2D eigenvalue weighted by atomic mass is 16.5. The molecule has 2 aromatic carbocycles. The molecule has 0 aliphatic heterocycles. The van der Waals surface area contributed by atoms with E-state index in [0.29, 0.717) is 0 Å². The van der Waals surface area contributed by atoms with Gasteiger partial charge in [0.2, 0.25) is 5.91 Å². The van der Waals surface area contributed by atoms with Crippen LogP contribution in [0.4, 0.5) is 4.79 Å². The van der Waals surface area contributed by atoms with Crippen LogP contribution in [-0.2, 0) is 14.3 Å².